The lowest BCUT2D eigenvalue weighted by Crippen LogP contribution is -2.51. The summed E-state index contributed by atoms with van der Waals surface area (Å²) < 4.78 is 16.9. The Kier molecular flexibility index (Phi) is 5.59. The van der Waals surface area contributed by atoms with Crippen molar-refractivity contribution in [3.05, 3.63) is 0 Å². The van der Waals surface area contributed by atoms with Crippen molar-refractivity contribution in [1.82, 2.24) is 10.2 Å². The summed E-state index contributed by atoms with van der Waals surface area (Å²) in [7, 11) is 1.77. The first-order valence-electron chi connectivity index (χ1n) is 7.34. The highest BCUT2D eigenvalue weighted by molar-refractivity contribution is 4.87. The predicted octanol–water partition coefficient (Wildman–Crippen LogP) is 0.491. The van der Waals surface area contributed by atoms with Crippen LogP contribution in [0.3, 0.4) is 0 Å². The zero-order valence-electron chi connectivity index (χ0n) is 12.5. The second-order valence-corrected chi connectivity index (χ2v) is 5.90. The molecule has 2 atom stereocenters. The van der Waals surface area contributed by atoms with Gasteiger partial charge in [-0.1, -0.05) is 0 Å². The van der Waals surface area contributed by atoms with Crippen LogP contribution in [0.15, 0.2) is 0 Å². The fourth-order valence-electron chi connectivity index (χ4n) is 2.76. The standard InChI is InChI=1S/C14H28N2O3/c1-12(2)16-5-7-19-13(9-16)8-15-10-14(17-3)4-6-18-11-14/h12-13,15H,4-11H2,1-3H3. The first-order chi connectivity index (χ1) is 9.15. The van der Waals surface area contributed by atoms with Crippen LogP contribution in [0.4, 0.5) is 0 Å². The van der Waals surface area contributed by atoms with E-state index in [2.05, 4.69) is 24.1 Å². The lowest BCUT2D eigenvalue weighted by molar-refractivity contribution is -0.0451. The first kappa shape index (κ1) is 15.2. The molecule has 19 heavy (non-hydrogen) atoms. The maximum Gasteiger partial charge on any atom is 0.106 e. The van der Waals surface area contributed by atoms with Crippen LogP contribution in [0.2, 0.25) is 0 Å². The molecule has 2 aliphatic rings. The van der Waals surface area contributed by atoms with Gasteiger partial charge in [-0.05, 0) is 13.8 Å². The SMILES string of the molecule is COC1(CNCC2CN(C(C)C)CCO2)CCOC1. The number of hydrogen-bond donors (Lipinski definition) is 1. The highest BCUT2D eigenvalue weighted by Gasteiger charge is 2.34. The van der Waals surface area contributed by atoms with Gasteiger partial charge in [-0.25, -0.2) is 0 Å². The van der Waals surface area contributed by atoms with E-state index in [1.807, 2.05) is 0 Å². The second-order valence-electron chi connectivity index (χ2n) is 5.90. The Morgan fingerprint density at radius 1 is 1.42 bits per heavy atom. The smallest absolute Gasteiger partial charge is 0.106 e. The highest BCUT2D eigenvalue weighted by Crippen LogP contribution is 2.21. The van der Waals surface area contributed by atoms with Gasteiger partial charge >= 0.3 is 0 Å². The van der Waals surface area contributed by atoms with E-state index in [4.69, 9.17) is 14.2 Å². The minimum Gasteiger partial charge on any atom is -0.378 e. The van der Waals surface area contributed by atoms with Crippen molar-refractivity contribution in [2.24, 2.45) is 0 Å². The van der Waals surface area contributed by atoms with Gasteiger partial charge in [-0.15, -0.1) is 0 Å². The number of nitrogens with one attached hydrogen (secondary N) is 1. The van der Waals surface area contributed by atoms with Crippen LogP contribution in [-0.2, 0) is 14.2 Å². The molecule has 2 aliphatic heterocycles. The van der Waals surface area contributed by atoms with E-state index >= 15 is 0 Å². The van der Waals surface area contributed by atoms with Gasteiger partial charge in [0.15, 0.2) is 0 Å². The molecule has 2 rings (SSSR count). The third kappa shape index (κ3) is 4.13. The molecule has 0 aromatic carbocycles. The minimum absolute atomic E-state index is 0.133. The molecule has 112 valence electrons. The molecule has 0 aromatic heterocycles. The number of rotatable bonds is 6. The van der Waals surface area contributed by atoms with Crippen molar-refractivity contribution in [1.29, 1.82) is 0 Å². The van der Waals surface area contributed by atoms with Crippen molar-refractivity contribution in [3.63, 3.8) is 0 Å². The van der Waals surface area contributed by atoms with Crippen LogP contribution in [0, 0.1) is 0 Å². The predicted molar refractivity (Wildman–Crippen MR) is 74.5 cm³/mol. The monoisotopic (exact) mass is 272 g/mol. The Morgan fingerprint density at radius 3 is 2.89 bits per heavy atom. The fraction of sp³-hybridized carbons (Fsp3) is 1.00. The molecule has 0 spiro atoms. The summed E-state index contributed by atoms with van der Waals surface area (Å²) in [6.45, 7) is 10.6. The number of methoxy groups -OCH3 is 1. The number of morpholine rings is 1. The molecule has 5 nitrogen and oxygen atoms in total. The Labute approximate surface area is 116 Å². The third-order valence-electron chi connectivity index (χ3n) is 4.22. The van der Waals surface area contributed by atoms with Crippen molar-refractivity contribution in [3.8, 4) is 0 Å². The van der Waals surface area contributed by atoms with Gasteiger partial charge in [0.2, 0.25) is 0 Å². The van der Waals surface area contributed by atoms with Gasteiger partial charge in [0.1, 0.15) is 5.60 Å². The molecule has 1 N–H and O–H groups in total. The average molecular weight is 272 g/mol. The van der Waals surface area contributed by atoms with E-state index < -0.39 is 0 Å². The Hall–Kier alpha value is -0.200. The van der Waals surface area contributed by atoms with E-state index in [0.717, 1.165) is 45.8 Å². The summed E-state index contributed by atoms with van der Waals surface area (Å²) in [6, 6.07) is 0.597. The van der Waals surface area contributed by atoms with Gasteiger partial charge in [0.05, 0.1) is 19.3 Å². The summed E-state index contributed by atoms with van der Waals surface area (Å²) >= 11 is 0. The molecular weight excluding hydrogens is 244 g/mol. The van der Waals surface area contributed by atoms with Crippen molar-refractivity contribution in [2.75, 3.05) is 53.1 Å². The quantitative estimate of drug-likeness (QED) is 0.762. The zero-order chi connectivity index (χ0) is 13.7. The van der Waals surface area contributed by atoms with Crippen LogP contribution < -0.4 is 5.32 Å². The van der Waals surface area contributed by atoms with Gasteiger partial charge < -0.3 is 19.5 Å². The van der Waals surface area contributed by atoms with E-state index in [1.54, 1.807) is 7.11 Å². The molecule has 0 bridgehead atoms. The van der Waals surface area contributed by atoms with Crippen LogP contribution in [-0.4, -0.2) is 75.8 Å². The van der Waals surface area contributed by atoms with Gasteiger partial charge in [0.25, 0.3) is 0 Å². The summed E-state index contributed by atoms with van der Waals surface area (Å²) in [6.07, 6.45) is 1.26. The maximum atomic E-state index is 5.81. The summed E-state index contributed by atoms with van der Waals surface area (Å²) in [5, 5.41) is 3.49. The molecule has 0 aliphatic carbocycles. The molecule has 5 heteroatoms. The molecule has 2 unspecified atom stereocenters. The number of hydrogen-bond acceptors (Lipinski definition) is 5. The Balaban J connectivity index is 1.70. The summed E-state index contributed by atoms with van der Waals surface area (Å²) in [5.74, 6) is 0. The summed E-state index contributed by atoms with van der Waals surface area (Å²) in [5.41, 5.74) is -0.133. The maximum absolute atomic E-state index is 5.81. The van der Waals surface area contributed by atoms with Crippen LogP contribution in [0.25, 0.3) is 0 Å². The molecule has 0 aromatic rings. The Morgan fingerprint density at radius 2 is 2.26 bits per heavy atom. The lowest BCUT2D eigenvalue weighted by atomic mass is 10.0. The minimum atomic E-state index is -0.133. The molecule has 2 heterocycles. The summed E-state index contributed by atoms with van der Waals surface area (Å²) in [4.78, 5) is 2.47. The fourth-order valence-corrected chi connectivity index (χ4v) is 2.76. The van der Waals surface area contributed by atoms with E-state index in [0.29, 0.717) is 12.6 Å². The van der Waals surface area contributed by atoms with Gasteiger partial charge in [0, 0.05) is 52.4 Å². The first-order valence-corrected chi connectivity index (χ1v) is 7.34. The topological polar surface area (TPSA) is 43.0 Å². The van der Waals surface area contributed by atoms with Crippen molar-refractivity contribution >= 4 is 0 Å². The average Bonchev–Trinajstić information content (AvgIpc) is 2.88. The zero-order valence-corrected chi connectivity index (χ0v) is 12.5. The largest absolute Gasteiger partial charge is 0.378 e. The molecule has 0 radical (unpaired) electrons. The molecular formula is C14H28N2O3. The number of nitrogens with zero attached hydrogens (tertiary/aromatic N) is 1. The van der Waals surface area contributed by atoms with E-state index in [1.165, 1.54) is 0 Å². The number of ether oxygens (including phenoxy) is 3. The van der Waals surface area contributed by atoms with Crippen LogP contribution in [0.1, 0.15) is 20.3 Å². The third-order valence-corrected chi connectivity index (χ3v) is 4.22. The van der Waals surface area contributed by atoms with Crippen LogP contribution >= 0.6 is 0 Å². The van der Waals surface area contributed by atoms with Crippen molar-refractivity contribution in [2.45, 2.75) is 38.0 Å². The Bertz CT molecular complexity index is 267. The van der Waals surface area contributed by atoms with Crippen LogP contribution in [0.5, 0.6) is 0 Å². The normalized spacial score (nSPS) is 33.2. The van der Waals surface area contributed by atoms with Crippen molar-refractivity contribution < 1.29 is 14.2 Å². The van der Waals surface area contributed by atoms with E-state index in [-0.39, 0.29) is 11.7 Å². The highest BCUT2D eigenvalue weighted by atomic mass is 16.5. The molecule has 2 saturated heterocycles. The van der Waals surface area contributed by atoms with Gasteiger partial charge in [-0.3, -0.25) is 4.90 Å². The lowest BCUT2D eigenvalue weighted by Gasteiger charge is -2.36. The second kappa shape index (κ2) is 6.99. The van der Waals surface area contributed by atoms with E-state index in [9.17, 15) is 0 Å². The molecule has 0 amide bonds. The van der Waals surface area contributed by atoms with Gasteiger partial charge in [-0.2, -0.15) is 0 Å². The molecule has 2 fully saturated rings. The molecule has 0 saturated carbocycles.